The summed E-state index contributed by atoms with van der Waals surface area (Å²) < 4.78 is 0. The first kappa shape index (κ1) is 14.5. The Kier molecular flexibility index (Phi) is 4.39. The molecule has 5 heteroatoms. The summed E-state index contributed by atoms with van der Waals surface area (Å²) in [6, 6.07) is 9.57. The zero-order valence-electron chi connectivity index (χ0n) is 12.1. The first-order chi connectivity index (χ1) is 9.49. The van der Waals surface area contributed by atoms with E-state index in [1.807, 2.05) is 51.1 Å². The molecule has 0 radical (unpaired) electrons. The predicted octanol–water partition coefficient (Wildman–Crippen LogP) is 2.01. The van der Waals surface area contributed by atoms with E-state index in [2.05, 4.69) is 10.6 Å². The summed E-state index contributed by atoms with van der Waals surface area (Å²) in [5.74, 6) is -0.137. The summed E-state index contributed by atoms with van der Waals surface area (Å²) in [6.07, 6.45) is -0.0404. The first-order valence-electron chi connectivity index (χ1n) is 6.92. The van der Waals surface area contributed by atoms with Gasteiger partial charge in [-0.25, -0.2) is 4.79 Å². The van der Waals surface area contributed by atoms with Crippen molar-refractivity contribution in [3.63, 3.8) is 0 Å². The molecule has 0 saturated carbocycles. The lowest BCUT2D eigenvalue weighted by Crippen LogP contribution is -2.61. The number of imide groups is 1. The third-order valence-corrected chi connectivity index (χ3v) is 3.43. The number of nitrogens with zero attached hydrogens (tertiary/aromatic N) is 1. The molecule has 2 rings (SSSR count). The molecular weight excluding hydrogens is 254 g/mol. The van der Waals surface area contributed by atoms with Crippen LogP contribution < -0.4 is 10.6 Å². The van der Waals surface area contributed by atoms with Gasteiger partial charge in [0, 0.05) is 12.1 Å². The molecule has 1 aromatic carbocycles. The Bertz CT molecular complexity index is 469. The fraction of sp³-hybridized carbons (Fsp3) is 0.467. The van der Waals surface area contributed by atoms with Gasteiger partial charge in [-0.1, -0.05) is 30.3 Å². The number of urea groups is 1. The van der Waals surface area contributed by atoms with Crippen LogP contribution in [0.25, 0.3) is 0 Å². The molecule has 20 heavy (non-hydrogen) atoms. The number of hydrogen-bond acceptors (Lipinski definition) is 3. The summed E-state index contributed by atoms with van der Waals surface area (Å²) in [6.45, 7) is 5.68. The molecule has 2 atom stereocenters. The summed E-state index contributed by atoms with van der Waals surface area (Å²) in [4.78, 5) is 25.2. The van der Waals surface area contributed by atoms with Crippen molar-refractivity contribution in [3.05, 3.63) is 35.9 Å². The van der Waals surface area contributed by atoms with Crippen molar-refractivity contribution in [1.82, 2.24) is 15.5 Å². The SMILES string of the molecule is CC(C)N1C(=O)CC(N[C@@H](C)c2ccccc2)NC1=O. The summed E-state index contributed by atoms with van der Waals surface area (Å²) in [5, 5.41) is 6.11. The third-order valence-electron chi connectivity index (χ3n) is 3.43. The first-order valence-corrected chi connectivity index (χ1v) is 6.92. The molecule has 3 amide bonds. The molecule has 2 N–H and O–H groups in total. The molecule has 1 aliphatic rings. The minimum absolute atomic E-state index is 0.0694. The number of carbonyl (C=O) groups is 2. The van der Waals surface area contributed by atoms with E-state index in [1.54, 1.807) is 0 Å². The second-order valence-electron chi connectivity index (χ2n) is 5.36. The van der Waals surface area contributed by atoms with Gasteiger partial charge < -0.3 is 5.32 Å². The van der Waals surface area contributed by atoms with E-state index in [1.165, 1.54) is 4.90 Å². The molecule has 0 spiro atoms. The lowest BCUT2D eigenvalue weighted by molar-refractivity contribution is -0.131. The minimum atomic E-state index is -0.325. The topological polar surface area (TPSA) is 61.4 Å². The van der Waals surface area contributed by atoms with Gasteiger partial charge in [0.15, 0.2) is 0 Å². The number of rotatable bonds is 4. The average molecular weight is 275 g/mol. The van der Waals surface area contributed by atoms with E-state index in [4.69, 9.17) is 0 Å². The Morgan fingerprint density at radius 2 is 1.85 bits per heavy atom. The highest BCUT2D eigenvalue weighted by atomic mass is 16.2. The van der Waals surface area contributed by atoms with Gasteiger partial charge in [0.05, 0.1) is 12.6 Å². The Hall–Kier alpha value is -1.88. The quantitative estimate of drug-likeness (QED) is 0.883. The molecule has 1 fully saturated rings. The van der Waals surface area contributed by atoms with Gasteiger partial charge in [0.1, 0.15) is 0 Å². The maximum atomic E-state index is 12.0. The zero-order valence-corrected chi connectivity index (χ0v) is 12.1. The molecule has 0 aromatic heterocycles. The van der Waals surface area contributed by atoms with E-state index in [0.717, 1.165) is 5.56 Å². The molecule has 5 nitrogen and oxygen atoms in total. The lowest BCUT2D eigenvalue weighted by Gasteiger charge is -2.35. The molecule has 1 aromatic rings. The molecule has 1 unspecified atom stereocenters. The van der Waals surface area contributed by atoms with Crippen LogP contribution in [0, 0.1) is 0 Å². The summed E-state index contributed by atoms with van der Waals surface area (Å²) in [5.41, 5.74) is 1.13. The number of amides is 3. The molecule has 1 aliphatic heterocycles. The Morgan fingerprint density at radius 1 is 1.20 bits per heavy atom. The van der Waals surface area contributed by atoms with Crippen LogP contribution in [0.3, 0.4) is 0 Å². The highest BCUT2D eigenvalue weighted by molar-refractivity contribution is 5.97. The molecule has 1 saturated heterocycles. The zero-order chi connectivity index (χ0) is 14.7. The summed E-state index contributed by atoms with van der Waals surface area (Å²) >= 11 is 0. The van der Waals surface area contributed by atoms with Gasteiger partial charge in [-0.2, -0.15) is 0 Å². The standard InChI is InChI=1S/C15H21N3O2/c1-10(2)18-14(19)9-13(17-15(18)20)16-11(3)12-7-5-4-6-8-12/h4-8,10-11,13,16H,9H2,1-3H3,(H,17,20)/t11-,13?/m0/s1. The summed E-state index contributed by atoms with van der Waals surface area (Å²) in [7, 11) is 0. The van der Waals surface area contributed by atoms with Crippen molar-refractivity contribution in [2.45, 2.75) is 45.4 Å². The maximum Gasteiger partial charge on any atom is 0.325 e. The highest BCUT2D eigenvalue weighted by Crippen LogP contribution is 2.15. The van der Waals surface area contributed by atoms with Crippen molar-refractivity contribution in [3.8, 4) is 0 Å². The van der Waals surface area contributed by atoms with E-state index in [9.17, 15) is 9.59 Å². The van der Waals surface area contributed by atoms with E-state index < -0.39 is 0 Å². The van der Waals surface area contributed by atoms with Crippen LogP contribution in [0.15, 0.2) is 30.3 Å². The van der Waals surface area contributed by atoms with E-state index in [0.29, 0.717) is 0 Å². The molecule has 1 heterocycles. The van der Waals surface area contributed by atoms with Gasteiger partial charge >= 0.3 is 6.03 Å². The van der Waals surface area contributed by atoms with E-state index in [-0.39, 0.29) is 36.6 Å². The fourth-order valence-electron chi connectivity index (χ4n) is 2.42. The van der Waals surface area contributed by atoms with Gasteiger partial charge in [-0.15, -0.1) is 0 Å². The van der Waals surface area contributed by atoms with Crippen molar-refractivity contribution in [2.75, 3.05) is 0 Å². The number of nitrogens with one attached hydrogen (secondary N) is 2. The smallest absolute Gasteiger partial charge is 0.322 e. The second-order valence-corrected chi connectivity index (χ2v) is 5.36. The lowest BCUT2D eigenvalue weighted by atomic mass is 10.1. The van der Waals surface area contributed by atoms with Gasteiger partial charge in [0.25, 0.3) is 0 Å². The normalized spacial score (nSPS) is 21.0. The van der Waals surface area contributed by atoms with Crippen LogP contribution in [-0.4, -0.2) is 29.0 Å². The second kappa shape index (κ2) is 6.05. The van der Waals surface area contributed by atoms with E-state index >= 15 is 0 Å². The van der Waals surface area contributed by atoms with Crippen molar-refractivity contribution in [2.24, 2.45) is 0 Å². The number of hydrogen-bond donors (Lipinski definition) is 2. The maximum absolute atomic E-state index is 12.0. The largest absolute Gasteiger partial charge is 0.325 e. The monoisotopic (exact) mass is 275 g/mol. The van der Waals surface area contributed by atoms with Crippen LogP contribution in [0.5, 0.6) is 0 Å². The van der Waals surface area contributed by atoms with Crippen molar-refractivity contribution in [1.29, 1.82) is 0 Å². The van der Waals surface area contributed by atoms with Crippen LogP contribution >= 0.6 is 0 Å². The van der Waals surface area contributed by atoms with Crippen molar-refractivity contribution >= 4 is 11.9 Å². The molecule has 0 aliphatic carbocycles. The average Bonchev–Trinajstić information content (AvgIpc) is 2.38. The Morgan fingerprint density at radius 3 is 2.40 bits per heavy atom. The van der Waals surface area contributed by atoms with Crippen LogP contribution in [-0.2, 0) is 4.79 Å². The predicted molar refractivity (Wildman–Crippen MR) is 76.9 cm³/mol. The molecule has 108 valence electrons. The van der Waals surface area contributed by atoms with Crippen LogP contribution in [0.1, 0.15) is 38.8 Å². The fourth-order valence-corrected chi connectivity index (χ4v) is 2.42. The third kappa shape index (κ3) is 3.17. The minimum Gasteiger partial charge on any atom is -0.322 e. The van der Waals surface area contributed by atoms with Crippen LogP contribution in [0.4, 0.5) is 4.79 Å². The van der Waals surface area contributed by atoms with Crippen molar-refractivity contribution < 1.29 is 9.59 Å². The highest BCUT2D eigenvalue weighted by Gasteiger charge is 2.33. The molecular formula is C15H21N3O2. The van der Waals surface area contributed by atoms with Crippen LogP contribution in [0.2, 0.25) is 0 Å². The number of carbonyl (C=O) groups excluding carboxylic acids is 2. The number of benzene rings is 1. The van der Waals surface area contributed by atoms with Gasteiger partial charge in [0.2, 0.25) is 5.91 Å². The van der Waals surface area contributed by atoms with Gasteiger partial charge in [-0.05, 0) is 26.3 Å². The van der Waals surface area contributed by atoms with Gasteiger partial charge in [-0.3, -0.25) is 15.0 Å². The Labute approximate surface area is 119 Å². The molecule has 0 bridgehead atoms. The Balaban J connectivity index is 1.99.